The molecule has 98 valence electrons. The van der Waals surface area contributed by atoms with Crippen molar-refractivity contribution in [1.82, 2.24) is 15.2 Å². The SMILES string of the molecule is O=C(CSc1nnc2c(n1)CCCC2)c1cccs1. The largest absolute Gasteiger partial charge is 0.292 e. The van der Waals surface area contributed by atoms with Crippen LogP contribution in [0.15, 0.2) is 22.7 Å². The van der Waals surface area contributed by atoms with Crippen molar-refractivity contribution in [3.8, 4) is 0 Å². The number of hydrogen-bond donors (Lipinski definition) is 0. The Morgan fingerprint density at radius 2 is 2.11 bits per heavy atom. The summed E-state index contributed by atoms with van der Waals surface area (Å²) in [5.74, 6) is 0.502. The molecule has 0 saturated heterocycles. The summed E-state index contributed by atoms with van der Waals surface area (Å²) in [7, 11) is 0. The Bertz CT molecular complexity index is 584. The molecule has 4 nitrogen and oxygen atoms in total. The smallest absolute Gasteiger partial charge is 0.209 e. The van der Waals surface area contributed by atoms with Crippen LogP contribution in [0.4, 0.5) is 0 Å². The molecule has 0 aromatic carbocycles. The number of hydrogen-bond acceptors (Lipinski definition) is 6. The van der Waals surface area contributed by atoms with Crippen LogP contribution in [0.3, 0.4) is 0 Å². The minimum atomic E-state index is 0.126. The predicted molar refractivity (Wildman–Crippen MR) is 75.8 cm³/mol. The molecule has 0 radical (unpaired) electrons. The molecule has 19 heavy (non-hydrogen) atoms. The molecular formula is C13H13N3OS2. The quantitative estimate of drug-likeness (QED) is 0.640. The van der Waals surface area contributed by atoms with E-state index in [4.69, 9.17) is 0 Å². The maximum Gasteiger partial charge on any atom is 0.209 e. The van der Waals surface area contributed by atoms with Gasteiger partial charge in [0.1, 0.15) is 0 Å². The van der Waals surface area contributed by atoms with Gasteiger partial charge in [0.2, 0.25) is 5.16 Å². The highest BCUT2D eigenvalue weighted by Gasteiger charge is 2.15. The van der Waals surface area contributed by atoms with E-state index in [9.17, 15) is 4.79 Å². The number of aromatic nitrogens is 3. The van der Waals surface area contributed by atoms with Crippen molar-refractivity contribution in [3.63, 3.8) is 0 Å². The van der Waals surface area contributed by atoms with Crippen molar-refractivity contribution >= 4 is 28.9 Å². The van der Waals surface area contributed by atoms with Crippen LogP contribution in [0.25, 0.3) is 0 Å². The molecule has 2 heterocycles. The molecule has 0 saturated carbocycles. The molecule has 2 aromatic heterocycles. The van der Waals surface area contributed by atoms with Gasteiger partial charge < -0.3 is 0 Å². The second kappa shape index (κ2) is 5.79. The summed E-state index contributed by atoms with van der Waals surface area (Å²) in [6.07, 6.45) is 4.31. The van der Waals surface area contributed by atoms with Gasteiger partial charge >= 0.3 is 0 Å². The van der Waals surface area contributed by atoms with E-state index in [0.717, 1.165) is 29.1 Å². The second-order valence-corrected chi connectivity index (χ2v) is 6.27. The van der Waals surface area contributed by atoms with Gasteiger partial charge in [0.15, 0.2) is 5.78 Å². The van der Waals surface area contributed by atoms with Crippen LogP contribution in [-0.4, -0.2) is 26.7 Å². The molecule has 0 unspecified atom stereocenters. The zero-order valence-electron chi connectivity index (χ0n) is 10.3. The highest BCUT2D eigenvalue weighted by atomic mass is 32.2. The number of carbonyl (C=O) groups excluding carboxylic acids is 1. The van der Waals surface area contributed by atoms with Crippen LogP contribution < -0.4 is 0 Å². The van der Waals surface area contributed by atoms with Gasteiger partial charge in [-0.3, -0.25) is 4.79 Å². The minimum Gasteiger partial charge on any atom is -0.292 e. The first-order chi connectivity index (χ1) is 9.33. The molecule has 1 aliphatic carbocycles. The third-order valence-electron chi connectivity index (χ3n) is 3.03. The molecule has 0 fully saturated rings. The van der Waals surface area contributed by atoms with Crippen LogP contribution in [0.1, 0.15) is 33.9 Å². The summed E-state index contributed by atoms with van der Waals surface area (Å²) >= 11 is 2.84. The van der Waals surface area contributed by atoms with E-state index in [1.165, 1.54) is 35.9 Å². The molecular weight excluding hydrogens is 278 g/mol. The molecule has 0 N–H and O–H groups in total. The Hall–Kier alpha value is -1.27. The van der Waals surface area contributed by atoms with Crippen LogP contribution in [0.2, 0.25) is 0 Å². The molecule has 2 aromatic rings. The number of ketones is 1. The Kier molecular flexibility index (Phi) is 3.89. The Morgan fingerprint density at radius 3 is 2.89 bits per heavy atom. The first-order valence-electron chi connectivity index (χ1n) is 6.25. The van der Waals surface area contributed by atoms with Gasteiger partial charge in [-0.1, -0.05) is 17.8 Å². The van der Waals surface area contributed by atoms with Crippen LogP contribution in [-0.2, 0) is 12.8 Å². The van der Waals surface area contributed by atoms with E-state index in [1.807, 2.05) is 17.5 Å². The van der Waals surface area contributed by atoms with Crippen LogP contribution in [0.5, 0.6) is 0 Å². The van der Waals surface area contributed by atoms with Gasteiger partial charge in [-0.2, -0.15) is 5.10 Å². The number of thiophene rings is 1. The third kappa shape index (κ3) is 3.01. The fourth-order valence-corrected chi connectivity index (χ4v) is 3.49. The number of thioether (sulfide) groups is 1. The topological polar surface area (TPSA) is 55.7 Å². The number of carbonyl (C=O) groups is 1. The minimum absolute atomic E-state index is 0.126. The standard InChI is InChI=1S/C13H13N3OS2/c17-11(12-6-3-7-18-12)8-19-13-14-9-4-1-2-5-10(9)15-16-13/h3,6-7H,1-2,4-5,8H2. The van der Waals surface area contributed by atoms with E-state index in [2.05, 4.69) is 15.2 Å². The summed E-state index contributed by atoms with van der Waals surface area (Å²) < 4.78 is 0. The van der Waals surface area contributed by atoms with E-state index >= 15 is 0 Å². The zero-order valence-corrected chi connectivity index (χ0v) is 12.0. The summed E-state index contributed by atoms with van der Waals surface area (Å²) in [5, 5.41) is 10.8. The number of Topliss-reactive ketones (excluding diaryl/α,β-unsaturated/α-hetero) is 1. The van der Waals surface area contributed by atoms with Crippen molar-refractivity contribution in [2.24, 2.45) is 0 Å². The lowest BCUT2D eigenvalue weighted by molar-refractivity contribution is 0.102. The van der Waals surface area contributed by atoms with Crippen molar-refractivity contribution in [1.29, 1.82) is 0 Å². The Labute approximate surface area is 119 Å². The normalized spacial score (nSPS) is 14.1. The Balaban J connectivity index is 1.65. The molecule has 0 atom stereocenters. The molecule has 6 heteroatoms. The fourth-order valence-electron chi connectivity index (χ4n) is 2.04. The van der Waals surface area contributed by atoms with Gasteiger partial charge in [-0.15, -0.1) is 16.4 Å². The summed E-state index contributed by atoms with van der Waals surface area (Å²) in [5.41, 5.74) is 2.09. The van der Waals surface area contributed by atoms with Crippen molar-refractivity contribution in [2.45, 2.75) is 30.8 Å². The molecule has 0 spiro atoms. The van der Waals surface area contributed by atoms with Gasteiger partial charge in [-0.25, -0.2) is 4.98 Å². The molecule has 1 aliphatic rings. The van der Waals surface area contributed by atoms with E-state index in [-0.39, 0.29) is 5.78 Å². The average Bonchev–Trinajstić information content (AvgIpc) is 2.99. The number of nitrogens with zero attached hydrogens (tertiary/aromatic N) is 3. The lowest BCUT2D eigenvalue weighted by Crippen LogP contribution is -2.11. The highest BCUT2D eigenvalue weighted by molar-refractivity contribution is 7.99. The number of aryl methyl sites for hydroxylation is 2. The molecule has 3 rings (SSSR count). The van der Waals surface area contributed by atoms with Gasteiger partial charge in [0.05, 0.1) is 22.0 Å². The lowest BCUT2D eigenvalue weighted by atomic mass is 10.0. The first kappa shape index (κ1) is 12.7. The number of rotatable bonds is 4. The maximum absolute atomic E-state index is 11.9. The van der Waals surface area contributed by atoms with Crippen molar-refractivity contribution < 1.29 is 4.79 Å². The Morgan fingerprint density at radius 1 is 1.26 bits per heavy atom. The van der Waals surface area contributed by atoms with Gasteiger partial charge in [0, 0.05) is 0 Å². The maximum atomic E-state index is 11.9. The molecule has 0 aliphatic heterocycles. The van der Waals surface area contributed by atoms with E-state index in [1.54, 1.807) is 0 Å². The lowest BCUT2D eigenvalue weighted by Gasteiger charge is -2.12. The highest BCUT2D eigenvalue weighted by Crippen LogP contribution is 2.21. The summed E-state index contributed by atoms with van der Waals surface area (Å²) in [6.45, 7) is 0. The van der Waals surface area contributed by atoms with Crippen molar-refractivity contribution in [3.05, 3.63) is 33.8 Å². The van der Waals surface area contributed by atoms with E-state index < -0.39 is 0 Å². The summed E-state index contributed by atoms with van der Waals surface area (Å²) in [6, 6.07) is 3.74. The van der Waals surface area contributed by atoms with E-state index in [0.29, 0.717) is 10.9 Å². The number of fused-ring (bicyclic) bond motifs is 1. The first-order valence-corrected chi connectivity index (χ1v) is 8.11. The average molecular weight is 291 g/mol. The van der Waals surface area contributed by atoms with Crippen molar-refractivity contribution in [2.75, 3.05) is 5.75 Å². The summed E-state index contributed by atoms with van der Waals surface area (Å²) in [4.78, 5) is 17.2. The fraction of sp³-hybridized carbons (Fsp3) is 0.385. The van der Waals surface area contributed by atoms with Crippen LogP contribution in [0, 0.1) is 0 Å². The second-order valence-electron chi connectivity index (χ2n) is 4.38. The zero-order chi connectivity index (χ0) is 13.1. The molecule has 0 bridgehead atoms. The monoisotopic (exact) mass is 291 g/mol. The van der Waals surface area contributed by atoms with Crippen LogP contribution >= 0.6 is 23.1 Å². The third-order valence-corrected chi connectivity index (χ3v) is 4.77. The predicted octanol–water partition coefficient (Wildman–Crippen LogP) is 2.79. The molecule has 0 amide bonds. The van der Waals surface area contributed by atoms with Gasteiger partial charge in [0.25, 0.3) is 0 Å². The van der Waals surface area contributed by atoms with Gasteiger partial charge in [-0.05, 0) is 37.1 Å².